The van der Waals surface area contributed by atoms with Gasteiger partial charge in [0.05, 0.1) is 27.1 Å². The third kappa shape index (κ3) is 7.32. The predicted molar refractivity (Wildman–Crippen MR) is 155 cm³/mol. The molecule has 1 amide bonds. The lowest BCUT2D eigenvalue weighted by molar-refractivity contribution is 0.0528. The first-order valence-corrected chi connectivity index (χ1v) is 13.3. The van der Waals surface area contributed by atoms with Gasteiger partial charge in [-0.05, 0) is 62.1 Å². The van der Waals surface area contributed by atoms with Crippen molar-refractivity contribution in [3.8, 4) is 11.5 Å². The van der Waals surface area contributed by atoms with Gasteiger partial charge in [-0.15, -0.1) is 0 Å². The summed E-state index contributed by atoms with van der Waals surface area (Å²) in [5, 5.41) is 2.94. The van der Waals surface area contributed by atoms with Crippen molar-refractivity contribution in [2.24, 2.45) is 0 Å². The molecule has 11 heteroatoms. The summed E-state index contributed by atoms with van der Waals surface area (Å²) in [5.74, 6) is 2.06. The number of rotatable bonds is 10. The van der Waals surface area contributed by atoms with Crippen LogP contribution in [-0.2, 0) is 24.2 Å². The van der Waals surface area contributed by atoms with Crippen LogP contribution in [0.5, 0.6) is 11.5 Å². The van der Waals surface area contributed by atoms with Gasteiger partial charge in [-0.3, -0.25) is 0 Å². The number of anilines is 1. The van der Waals surface area contributed by atoms with E-state index in [-0.39, 0.29) is 5.28 Å². The number of carbonyl (C=O) groups excluding carboxylic acids is 1. The molecule has 0 aliphatic heterocycles. The second-order valence-corrected chi connectivity index (χ2v) is 10.7. The monoisotopic (exact) mass is 566 g/mol. The normalized spacial score (nSPS) is 11.4. The average Bonchev–Trinajstić information content (AvgIpc) is 3.29. The molecule has 4 aromatic rings. The zero-order valence-electron chi connectivity index (χ0n) is 23.7. The van der Waals surface area contributed by atoms with Gasteiger partial charge in [-0.25, -0.2) is 9.78 Å². The van der Waals surface area contributed by atoms with E-state index in [1.165, 1.54) is 0 Å². The zero-order valence-corrected chi connectivity index (χ0v) is 24.5. The molecule has 1 N–H and O–H groups in total. The van der Waals surface area contributed by atoms with E-state index in [0.29, 0.717) is 48.8 Å². The zero-order chi connectivity index (χ0) is 28.9. The summed E-state index contributed by atoms with van der Waals surface area (Å²) in [7, 11) is 5.18. The van der Waals surface area contributed by atoms with Crippen molar-refractivity contribution in [2.75, 3.05) is 32.7 Å². The Hall–Kier alpha value is -4.05. The molecule has 10 nitrogen and oxygen atoms in total. The molecule has 2 heterocycles. The topological polar surface area (TPSA) is 104 Å². The third-order valence-electron chi connectivity index (χ3n) is 6.11. The number of ether oxygens (including phenoxy) is 3. The number of benzene rings is 2. The van der Waals surface area contributed by atoms with Gasteiger partial charge in [0.2, 0.25) is 5.28 Å². The summed E-state index contributed by atoms with van der Waals surface area (Å²) in [6.07, 6.45) is 2.00. The molecule has 2 aromatic carbocycles. The quantitative estimate of drug-likeness (QED) is 0.260. The van der Waals surface area contributed by atoms with Crippen molar-refractivity contribution in [3.63, 3.8) is 0 Å². The van der Waals surface area contributed by atoms with Crippen LogP contribution in [0, 0.1) is 0 Å². The summed E-state index contributed by atoms with van der Waals surface area (Å²) >= 11 is 6.37. The van der Waals surface area contributed by atoms with Crippen molar-refractivity contribution in [2.45, 2.75) is 45.9 Å². The number of amides is 1. The molecule has 40 heavy (non-hydrogen) atoms. The lowest BCUT2D eigenvalue weighted by Gasteiger charge is -2.20. The number of imidazole rings is 1. The van der Waals surface area contributed by atoms with E-state index < -0.39 is 11.7 Å². The van der Waals surface area contributed by atoms with Crippen LogP contribution in [0.25, 0.3) is 11.2 Å². The van der Waals surface area contributed by atoms with Gasteiger partial charge in [0.1, 0.15) is 17.1 Å². The maximum absolute atomic E-state index is 11.9. The molecule has 212 valence electrons. The Morgan fingerprint density at radius 2 is 1.85 bits per heavy atom. The van der Waals surface area contributed by atoms with Crippen LogP contribution in [0.15, 0.2) is 48.8 Å². The number of carbonyl (C=O) groups is 1. The second kappa shape index (κ2) is 12.4. The highest BCUT2D eigenvalue weighted by Crippen LogP contribution is 2.29. The lowest BCUT2D eigenvalue weighted by atomic mass is 10.1. The van der Waals surface area contributed by atoms with Gasteiger partial charge >= 0.3 is 6.09 Å². The van der Waals surface area contributed by atoms with E-state index in [1.807, 2.05) is 73.7 Å². The van der Waals surface area contributed by atoms with E-state index in [1.54, 1.807) is 20.5 Å². The highest BCUT2D eigenvalue weighted by atomic mass is 35.5. The lowest BCUT2D eigenvalue weighted by Crippen LogP contribution is -2.33. The first kappa shape index (κ1) is 28.9. The maximum Gasteiger partial charge on any atom is 0.407 e. The standard InChI is InChI=1S/C29H35ClN6O4/c1-29(2,3)40-28(37)31-13-12-19-8-7-9-20(14-19)16-36-18-32-24-25(33-27(30)34-26(24)36)35(4)17-21-10-11-22(38-5)15-23(21)39-6/h7-11,14-15,18H,12-13,16-17H2,1-6H3,(H,31,37). The molecular formula is C29H35ClN6O4. The molecule has 0 atom stereocenters. The van der Waals surface area contributed by atoms with Gasteiger partial charge in [-0.2, -0.15) is 9.97 Å². The Morgan fingerprint density at radius 1 is 1.07 bits per heavy atom. The van der Waals surface area contributed by atoms with Crippen LogP contribution in [0.2, 0.25) is 5.28 Å². The van der Waals surface area contributed by atoms with E-state index in [4.69, 9.17) is 25.8 Å². The number of halogens is 1. The van der Waals surface area contributed by atoms with Crippen molar-refractivity contribution in [1.82, 2.24) is 24.8 Å². The number of nitrogens with zero attached hydrogens (tertiary/aromatic N) is 5. The smallest absolute Gasteiger partial charge is 0.407 e. The Bertz CT molecular complexity index is 1480. The van der Waals surface area contributed by atoms with Crippen LogP contribution in [0.3, 0.4) is 0 Å². The summed E-state index contributed by atoms with van der Waals surface area (Å²) in [5.41, 5.74) is 3.89. The summed E-state index contributed by atoms with van der Waals surface area (Å²) in [6.45, 7) is 7.06. The number of hydrogen-bond acceptors (Lipinski definition) is 8. The predicted octanol–water partition coefficient (Wildman–Crippen LogP) is 5.25. The van der Waals surface area contributed by atoms with Crippen molar-refractivity contribution in [1.29, 1.82) is 0 Å². The van der Waals surface area contributed by atoms with Gasteiger partial charge in [-0.1, -0.05) is 24.3 Å². The minimum absolute atomic E-state index is 0.139. The maximum atomic E-state index is 11.9. The molecule has 0 fully saturated rings. The van der Waals surface area contributed by atoms with Gasteiger partial charge in [0.15, 0.2) is 17.0 Å². The third-order valence-corrected chi connectivity index (χ3v) is 6.28. The molecule has 0 saturated heterocycles. The highest BCUT2D eigenvalue weighted by Gasteiger charge is 2.18. The van der Waals surface area contributed by atoms with Crippen molar-refractivity contribution in [3.05, 3.63) is 70.8 Å². The molecule has 0 aliphatic carbocycles. The van der Waals surface area contributed by atoms with Crippen molar-refractivity contribution < 1.29 is 19.0 Å². The molecule has 2 aromatic heterocycles. The van der Waals surface area contributed by atoms with Crippen LogP contribution < -0.4 is 19.7 Å². The van der Waals surface area contributed by atoms with E-state index in [2.05, 4.69) is 26.3 Å². The van der Waals surface area contributed by atoms with Gasteiger partial charge in [0.25, 0.3) is 0 Å². The Labute approximate surface area is 239 Å². The van der Waals surface area contributed by atoms with Crippen LogP contribution in [-0.4, -0.2) is 59.0 Å². The average molecular weight is 567 g/mol. The largest absolute Gasteiger partial charge is 0.497 e. The molecule has 0 unspecified atom stereocenters. The minimum Gasteiger partial charge on any atom is -0.497 e. The number of fused-ring (bicyclic) bond motifs is 1. The summed E-state index contributed by atoms with van der Waals surface area (Å²) in [6, 6.07) is 13.9. The molecule has 0 bridgehead atoms. The Morgan fingerprint density at radius 3 is 2.58 bits per heavy atom. The number of nitrogens with one attached hydrogen (secondary N) is 1. The molecule has 0 radical (unpaired) electrons. The van der Waals surface area contributed by atoms with Crippen LogP contribution in [0.4, 0.5) is 10.6 Å². The van der Waals surface area contributed by atoms with Crippen molar-refractivity contribution >= 4 is 34.7 Å². The number of alkyl carbamates (subject to hydrolysis) is 1. The molecule has 0 spiro atoms. The van der Waals surface area contributed by atoms with Gasteiger partial charge in [0, 0.05) is 31.8 Å². The number of hydrogen-bond donors (Lipinski definition) is 1. The molecule has 0 saturated carbocycles. The first-order chi connectivity index (χ1) is 19.1. The first-order valence-electron chi connectivity index (χ1n) is 12.9. The minimum atomic E-state index is -0.527. The van der Waals surface area contributed by atoms with Crippen LogP contribution >= 0.6 is 11.6 Å². The molecule has 0 aliphatic rings. The van der Waals surface area contributed by atoms with E-state index in [0.717, 1.165) is 22.4 Å². The summed E-state index contributed by atoms with van der Waals surface area (Å²) < 4.78 is 18.1. The SMILES string of the molecule is COc1ccc(CN(C)c2nc(Cl)nc3c2ncn3Cc2cccc(CCNC(=O)OC(C)(C)C)c2)c(OC)c1. The molecule has 4 rings (SSSR count). The number of methoxy groups -OCH3 is 2. The Kier molecular flexibility index (Phi) is 8.99. The summed E-state index contributed by atoms with van der Waals surface area (Å²) in [4.78, 5) is 27.5. The van der Waals surface area contributed by atoms with Gasteiger partial charge < -0.3 is 29.0 Å². The molecular weight excluding hydrogens is 532 g/mol. The fourth-order valence-corrected chi connectivity index (χ4v) is 4.46. The fourth-order valence-electron chi connectivity index (χ4n) is 4.30. The highest BCUT2D eigenvalue weighted by molar-refractivity contribution is 6.28. The van der Waals surface area contributed by atoms with E-state index in [9.17, 15) is 4.79 Å². The van der Waals surface area contributed by atoms with E-state index >= 15 is 0 Å². The van der Waals surface area contributed by atoms with Crippen LogP contribution in [0.1, 0.15) is 37.5 Å². The fraction of sp³-hybridized carbons (Fsp3) is 0.379. The second-order valence-electron chi connectivity index (χ2n) is 10.4. The Balaban J connectivity index is 1.49. The number of aromatic nitrogens is 4.